The largest absolute Gasteiger partial charge is 0.416 e. The lowest BCUT2D eigenvalue weighted by atomic mass is 9.97. The van der Waals surface area contributed by atoms with Crippen molar-refractivity contribution in [1.82, 2.24) is 4.90 Å². The average Bonchev–Trinajstić information content (AvgIpc) is 2.26. The summed E-state index contributed by atoms with van der Waals surface area (Å²) < 4.78 is 37.6. The molecule has 1 atom stereocenters. The fraction of sp³-hybridized carbons (Fsp3) is 0.500. The van der Waals surface area contributed by atoms with Crippen molar-refractivity contribution < 1.29 is 13.2 Å². The van der Waals surface area contributed by atoms with Crippen LogP contribution >= 0.6 is 0 Å². The van der Waals surface area contributed by atoms with Crippen molar-refractivity contribution in [2.75, 3.05) is 26.0 Å². The van der Waals surface area contributed by atoms with E-state index >= 15 is 0 Å². The number of likely N-dealkylation sites (N-methyl/N-ethyl adjacent to an activating group) is 1. The van der Waals surface area contributed by atoms with Crippen LogP contribution < -0.4 is 5.32 Å². The predicted molar refractivity (Wildman–Crippen MR) is 61.1 cm³/mol. The van der Waals surface area contributed by atoms with Gasteiger partial charge in [-0.2, -0.15) is 13.2 Å². The minimum atomic E-state index is -4.27. The molecule has 1 aliphatic heterocycles. The van der Waals surface area contributed by atoms with Gasteiger partial charge in [0.2, 0.25) is 0 Å². The van der Waals surface area contributed by atoms with E-state index in [2.05, 4.69) is 10.2 Å². The Balaban J connectivity index is 2.26. The highest BCUT2D eigenvalue weighted by molar-refractivity contribution is 5.56. The van der Waals surface area contributed by atoms with E-state index in [0.29, 0.717) is 18.3 Å². The third-order valence-electron chi connectivity index (χ3n) is 3.15. The number of halogens is 3. The minimum absolute atomic E-state index is 0.333. The molecule has 17 heavy (non-hydrogen) atoms. The molecule has 0 radical (unpaired) electrons. The second-order valence-electron chi connectivity index (χ2n) is 4.57. The third kappa shape index (κ3) is 2.54. The highest BCUT2D eigenvalue weighted by Gasteiger charge is 2.32. The highest BCUT2D eigenvalue weighted by atomic mass is 19.4. The van der Waals surface area contributed by atoms with Crippen LogP contribution in [-0.4, -0.2) is 31.6 Å². The number of benzene rings is 1. The summed E-state index contributed by atoms with van der Waals surface area (Å²) >= 11 is 0. The van der Waals surface area contributed by atoms with E-state index in [-0.39, 0.29) is 0 Å². The summed E-state index contributed by atoms with van der Waals surface area (Å²) in [5.41, 5.74) is 0.966. The molecule has 1 N–H and O–H groups in total. The molecule has 1 aromatic carbocycles. The number of hydrogen-bond acceptors (Lipinski definition) is 2. The Bertz CT molecular complexity index is 413. The molecule has 0 saturated heterocycles. The number of nitrogens with one attached hydrogen (secondary N) is 1. The van der Waals surface area contributed by atoms with Crippen molar-refractivity contribution in [2.45, 2.75) is 18.6 Å². The monoisotopic (exact) mass is 244 g/mol. The van der Waals surface area contributed by atoms with Crippen molar-refractivity contribution >= 4 is 5.69 Å². The topological polar surface area (TPSA) is 15.3 Å². The first-order valence-corrected chi connectivity index (χ1v) is 5.48. The summed E-state index contributed by atoms with van der Waals surface area (Å²) in [5.74, 6) is 0. The second-order valence-corrected chi connectivity index (χ2v) is 4.57. The zero-order valence-electron chi connectivity index (χ0n) is 9.80. The standard InChI is InChI=1S/C12H15F3N2/c1-17(2)10-5-8-3-4-9(12(13,14)15)6-11(8)16-7-10/h3-4,6,10,16H,5,7H2,1-2H3. The molecule has 1 heterocycles. The number of nitrogens with zero attached hydrogens (tertiary/aromatic N) is 1. The van der Waals surface area contributed by atoms with Gasteiger partial charge in [-0.15, -0.1) is 0 Å². The van der Waals surface area contributed by atoms with E-state index in [9.17, 15) is 13.2 Å². The zero-order chi connectivity index (χ0) is 12.6. The Morgan fingerprint density at radius 1 is 1.29 bits per heavy atom. The van der Waals surface area contributed by atoms with E-state index in [1.54, 1.807) is 6.07 Å². The van der Waals surface area contributed by atoms with Crippen LogP contribution in [0, 0.1) is 0 Å². The number of rotatable bonds is 1. The lowest BCUT2D eigenvalue weighted by molar-refractivity contribution is -0.137. The van der Waals surface area contributed by atoms with Crippen LogP contribution in [0.5, 0.6) is 0 Å². The van der Waals surface area contributed by atoms with Crippen molar-refractivity contribution in [1.29, 1.82) is 0 Å². The molecule has 0 aromatic heterocycles. The van der Waals surface area contributed by atoms with Crippen LogP contribution in [-0.2, 0) is 12.6 Å². The van der Waals surface area contributed by atoms with E-state index in [1.807, 2.05) is 14.1 Å². The molecule has 0 amide bonds. The maximum Gasteiger partial charge on any atom is 0.416 e. The number of hydrogen-bond donors (Lipinski definition) is 1. The number of alkyl halides is 3. The smallest absolute Gasteiger partial charge is 0.383 e. The molecule has 0 aliphatic carbocycles. The molecular weight excluding hydrogens is 229 g/mol. The predicted octanol–water partition coefficient (Wildman–Crippen LogP) is 2.60. The first-order valence-electron chi connectivity index (χ1n) is 5.48. The Kier molecular flexibility index (Phi) is 3.03. The van der Waals surface area contributed by atoms with E-state index in [4.69, 9.17) is 0 Å². The summed E-state index contributed by atoms with van der Waals surface area (Å²) in [6.45, 7) is 0.682. The van der Waals surface area contributed by atoms with Crippen molar-refractivity contribution in [3.63, 3.8) is 0 Å². The van der Waals surface area contributed by atoms with Gasteiger partial charge in [0.1, 0.15) is 0 Å². The van der Waals surface area contributed by atoms with Gasteiger partial charge in [0.05, 0.1) is 5.56 Å². The molecule has 1 aliphatic rings. The van der Waals surface area contributed by atoms with E-state index in [1.165, 1.54) is 6.07 Å². The Morgan fingerprint density at radius 3 is 2.59 bits per heavy atom. The molecule has 0 bridgehead atoms. The van der Waals surface area contributed by atoms with Crippen LogP contribution in [0.2, 0.25) is 0 Å². The summed E-state index contributed by atoms with van der Waals surface area (Å²) in [6, 6.07) is 4.25. The van der Waals surface area contributed by atoms with Crippen molar-refractivity contribution in [3.05, 3.63) is 29.3 Å². The van der Waals surface area contributed by atoms with Crippen molar-refractivity contribution in [2.24, 2.45) is 0 Å². The molecule has 1 unspecified atom stereocenters. The first-order chi connectivity index (χ1) is 7.88. The Hall–Kier alpha value is -1.23. The van der Waals surface area contributed by atoms with E-state index in [0.717, 1.165) is 18.1 Å². The van der Waals surface area contributed by atoms with Crippen LogP contribution in [0.3, 0.4) is 0 Å². The summed E-state index contributed by atoms with van der Waals surface area (Å²) in [7, 11) is 3.95. The molecule has 1 aromatic rings. The average molecular weight is 244 g/mol. The van der Waals surface area contributed by atoms with Gasteiger partial charge in [-0.1, -0.05) is 6.07 Å². The first kappa shape index (κ1) is 12.2. The SMILES string of the molecule is CN(C)C1CNc2cc(C(F)(F)F)ccc2C1. The third-order valence-corrected chi connectivity index (χ3v) is 3.15. The Labute approximate surface area is 98.4 Å². The number of fused-ring (bicyclic) bond motifs is 1. The zero-order valence-corrected chi connectivity index (χ0v) is 9.80. The van der Waals surface area contributed by atoms with Gasteiger partial charge >= 0.3 is 6.18 Å². The van der Waals surface area contributed by atoms with Gasteiger partial charge < -0.3 is 10.2 Å². The van der Waals surface area contributed by atoms with Gasteiger partial charge in [0.25, 0.3) is 0 Å². The lowest BCUT2D eigenvalue weighted by Crippen LogP contribution is -2.39. The van der Waals surface area contributed by atoms with Crippen LogP contribution in [0.4, 0.5) is 18.9 Å². The number of anilines is 1. The van der Waals surface area contributed by atoms with Gasteiger partial charge in [0.15, 0.2) is 0 Å². The molecule has 0 saturated carbocycles. The normalized spacial score (nSPS) is 20.0. The second kappa shape index (κ2) is 4.22. The molecule has 2 nitrogen and oxygen atoms in total. The van der Waals surface area contributed by atoms with Crippen LogP contribution in [0.1, 0.15) is 11.1 Å². The lowest BCUT2D eigenvalue weighted by Gasteiger charge is -2.31. The van der Waals surface area contributed by atoms with Crippen LogP contribution in [0.25, 0.3) is 0 Å². The van der Waals surface area contributed by atoms with Gasteiger partial charge in [-0.25, -0.2) is 0 Å². The Morgan fingerprint density at radius 2 is 2.00 bits per heavy atom. The molecule has 5 heteroatoms. The maximum atomic E-state index is 12.5. The van der Waals surface area contributed by atoms with Crippen LogP contribution in [0.15, 0.2) is 18.2 Å². The molecule has 94 valence electrons. The molecule has 0 fully saturated rings. The molecular formula is C12H15F3N2. The molecule has 2 rings (SSSR count). The fourth-order valence-corrected chi connectivity index (χ4v) is 2.01. The summed E-state index contributed by atoms with van der Waals surface area (Å²) in [4.78, 5) is 2.08. The van der Waals surface area contributed by atoms with Gasteiger partial charge in [-0.3, -0.25) is 0 Å². The molecule has 0 spiro atoms. The van der Waals surface area contributed by atoms with E-state index < -0.39 is 11.7 Å². The highest BCUT2D eigenvalue weighted by Crippen LogP contribution is 2.33. The minimum Gasteiger partial charge on any atom is -0.383 e. The fourth-order valence-electron chi connectivity index (χ4n) is 2.01. The maximum absolute atomic E-state index is 12.5. The van der Waals surface area contributed by atoms with Gasteiger partial charge in [-0.05, 0) is 38.2 Å². The summed E-state index contributed by atoms with van der Waals surface area (Å²) in [6.07, 6.45) is -3.48. The van der Waals surface area contributed by atoms with Crippen molar-refractivity contribution in [3.8, 4) is 0 Å². The van der Waals surface area contributed by atoms with Gasteiger partial charge in [0, 0.05) is 18.3 Å². The summed E-state index contributed by atoms with van der Waals surface area (Å²) in [5, 5.41) is 3.06. The quantitative estimate of drug-likeness (QED) is 0.817.